The Kier molecular flexibility index (Phi) is 7.20. The third-order valence-electron chi connectivity index (χ3n) is 5.42. The molecule has 0 aliphatic heterocycles. The number of carbonyl (C=O) groups excluding carboxylic acids is 3. The van der Waals surface area contributed by atoms with Crippen molar-refractivity contribution in [3.05, 3.63) is 115 Å². The molecule has 0 saturated heterocycles. The van der Waals surface area contributed by atoms with E-state index in [9.17, 15) is 14.4 Å². The second-order valence-corrected chi connectivity index (χ2v) is 7.84. The van der Waals surface area contributed by atoms with Gasteiger partial charge in [-0.25, -0.2) is 18.8 Å². The molecular formula is C29H21FO6. The van der Waals surface area contributed by atoms with E-state index in [0.717, 1.165) is 28.5 Å². The van der Waals surface area contributed by atoms with Gasteiger partial charge in [0, 0.05) is 17.5 Å². The molecule has 0 bridgehead atoms. The van der Waals surface area contributed by atoms with Gasteiger partial charge in [-0.1, -0.05) is 49.6 Å². The SMILES string of the molecule is C=CC(=O)OCc1ccc2cc(C(=O)Oc3ccc4cc(COC(=O)C=C)ccc4c3F)ccc2c1. The molecule has 180 valence electrons. The maximum atomic E-state index is 15.1. The van der Waals surface area contributed by atoms with Crippen LogP contribution in [0.1, 0.15) is 21.5 Å². The van der Waals surface area contributed by atoms with Gasteiger partial charge in [-0.3, -0.25) is 0 Å². The summed E-state index contributed by atoms with van der Waals surface area (Å²) in [6, 6.07) is 18.3. The molecule has 0 spiro atoms. The van der Waals surface area contributed by atoms with Crippen molar-refractivity contribution in [2.45, 2.75) is 13.2 Å². The molecule has 6 nitrogen and oxygen atoms in total. The summed E-state index contributed by atoms with van der Waals surface area (Å²) in [5.41, 5.74) is 1.72. The van der Waals surface area contributed by atoms with E-state index in [1.165, 1.54) is 6.07 Å². The Hall–Kier alpha value is -4.78. The second-order valence-electron chi connectivity index (χ2n) is 7.84. The summed E-state index contributed by atoms with van der Waals surface area (Å²) in [4.78, 5) is 35.2. The highest BCUT2D eigenvalue weighted by molar-refractivity contribution is 5.97. The van der Waals surface area contributed by atoms with E-state index < -0.39 is 23.7 Å². The summed E-state index contributed by atoms with van der Waals surface area (Å²) in [5.74, 6) is -2.63. The molecule has 0 aliphatic carbocycles. The Balaban J connectivity index is 1.50. The second kappa shape index (κ2) is 10.7. The van der Waals surface area contributed by atoms with Crippen LogP contribution in [0.15, 0.2) is 92.0 Å². The minimum atomic E-state index is -0.702. The van der Waals surface area contributed by atoms with Crippen LogP contribution in [0.5, 0.6) is 5.75 Å². The fourth-order valence-corrected chi connectivity index (χ4v) is 3.59. The van der Waals surface area contributed by atoms with Crippen LogP contribution in [0.4, 0.5) is 4.39 Å². The van der Waals surface area contributed by atoms with Crippen LogP contribution in [-0.2, 0) is 32.3 Å². The van der Waals surface area contributed by atoms with Crippen molar-refractivity contribution in [3.63, 3.8) is 0 Å². The van der Waals surface area contributed by atoms with E-state index in [-0.39, 0.29) is 29.9 Å². The average Bonchev–Trinajstić information content (AvgIpc) is 2.91. The van der Waals surface area contributed by atoms with E-state index in [4.69, 9.17) is 14.2 Å². The Morgan fingerprint density at radius 3 is 1.94 bits per heavy atom. The van der Waals surface area contributed by atoms with Crippen LogP contribution in [0, 0.1) is 5.82 Å². The fourth-order valence-electron chi connectivity index (χ4n) is 3.59. The molecule has 0 N–H and O–H groups in total. The van der Waals surface area contributed by atoms with Crippen molar-refractivity contribution in [1.29, 1.82) is 0 Å². The quantitative estimate of drug-likeness (QED) is 0.178. The maximum absolute atomic E-state index is 15.1. The summed E-state index contributed by atoms with van der Waals surface area (Å²) >= 11 is 0. The standard InChI is InChI=1S/C29H21FO6/c1-3-26(31)34-16-18-5-7-21-15-23(9-8-20(21)13-18)29(33)36-25-12-10-22-14-19(17-35-27(32)4-2)6-11-24(22)28(25)30/h3-15H,1-2,16-17H2. The molecule has 0 aromatic heterocycles. The maximum Gasteiger partial charge on any atom is 0.343 e. The van der Waals surface area contributed by atoms with Gasteiger partial charge in [0.25, 0.3) is 0 Å². The van der Waals surface area contributed by atoms with Gasteiger partial charge in [0.05, 0.1) is 5.56 Å². The molecule has 0 heterocycles. The van der Waals surface area contributed by atoms with Crippen molar-refractivity contribution in [1.82, 2.24) is 0 Å². The van der Waals surface area contributed by atoms with Gasteiger partial charge in [0.1, 0.15) is 13.2 Å². The lowest BCUT2D eigenvalue weighted by molar-refractivity contribution is -0.139. The monoisotopic (exact) mass is 484 g/mol. The van der Waals surface area contributed by atoms with Gasteiger partial charge >= 0.3 is 17.9 Å². The number of esters is 3. The van der Waals surface area contributed by atoms with Gasteiger partial charge in [0.15, 0.2) is 11.6 Å². The molecule has 0 aliphatic rings. The zero-order valence-electron chi connectivity index (χ0n) is 19.2. The highest BCUT2D eigenvalue weighted by Crippen LogP contribution is 2.28. The first-order valence-electron chi connectivity index (χ1n) is 10.9. The van der Waals surface area contributed by atoms with E-state index in [0.29, 0.717) is 10.9 Å². The Morgan fingerprint density at radius 2 is 1.28 bits per heavy atom. The summed E-state index contributed by atoms with van der Waals surface area (Å²) in [6.07, 6.45) is 2.16. The van der Waals surface area contributed by atoms with E-state index >= 15 is 4.39 Å². The van der Waals surface area contributed by atoms with Crippen molar-refractivity contribution < 1.29 is 33.0 Å². The molecule has 0 fully saturated rings. The van der Waals surface area contributed by atoms with E-state index in [2.05, 4.69) is 13.2 Å². The van der Waals surface area contributed by atoms with Crippen LogP contribution >= 0.6 is 0 Å². The van der Waals surface area contributed by atoms with E-state index in [1.54, 1.807) is 54.6 Å². The van der Waals surface area contributed by atoms with Crippen LogP contribution in [0.2, 0.25) is 0 Å². The van der Waals surface area contributed by atoms with E-state index in [1.807, 2.05) is 6.07 Å². The topological polar surface area (TPSA) is 78.9 Å². The molecule has 36 heavy (non-hydrogen) atoms. The predicted molar refractivity (Wildman–Crippen MR) is 133 cm³/mol. The van der Waals surface area contributed by atoms with Crippen LogP contribution in [-0.4, -0.2) is 17.9 Å². The highest BCUT2D eigenvalue weighted by Gasteiger charge is 2.15. The van der Waals surface area contributed by atoms with Crippen molar-refractivity contribution in [2.75, 3.05) is 0 Å². The molecule has 0 saturated carbocycles. The lowest BCUT2D eigenvalue weighted by atomic mass is 10.0. The summed E-state index contributed by atoms with van der Waals surface area (Å²) in [6.45, 7) is 6.83. The van der Waals surface area contributed by atoms with Gasteiger partial charge in [-0.15, -0.1) is 0 Å². The van der Waals surface area contributed by atoms with Gasteiger partial charge < -0.3 is 14.2 Å². The molecular weight excluding hydrogens is 463 g/mol. The Labute approximate surface area is 206 Å². The summed E-state index contributed by atoms with van der Waals surface area (Å²) in [7, 11) is 0. The van der Waals surface area contributed by atoms with Crippen molar-refractivity contribution in [2.24, 2.45) is 0 Å². The number of rotatable bonds is 8. The summed E-state index contributed by atoms with van der Waals surface area (Å²) in [5, 5.41) is 2.44. The average molecular weight is 484 g/mol. The predicted octanol–water partition coefficient (Wildman–Crippen LogP) is 5.81. The number of hydrogen-bond acceptors (Lipinski definition) is 6. The Bertz CT molecular complexity index is 1520. The highest BCUT2D eigenvalue weighted by atomic mass is 19.1. The molecule has 0 radical (unpaired) electrons. The lowest BCUT2D eigenvalue weighted by Gasteiger charge is -2.10. The van der Waals surface area contributed by atoms with Crippen LogP contribution < -0.4 is 4.74 Å². The zero-order chi connectivity index (χ0) is 25.7. The third-order valence-corrected chi connectivity index (χ3v) is 5.42. The van der Waals surface area contributed by atoms with Crippen LogP contribution in [0.3, 0.4) is 0 Å². The van der Waals surface area contributed by atoms with Crippen molar-refractivity contribution >= 4 is 39.5 Å². The number of carbonyl (C=O) groups is 3. The number of benzene rings is 4. The first-order valence-corrected chi connectivity index (χ1v) is 10.9. The smallest absolute Gasteiger partial charge is 0.343 e. The largest absolute Gasteiger partial charge is 0.458 e. The zero-order valence-corrected chi connectivity index (χ0v) is 19.2. The van der Waals surface area contributed by atoms with Gasteiger partial charge in [-0.05, 0) is 57.6 Å². The first kappa shape index (κ1) is 24.3. The Morgan fingerprint density at radius 1 is 0.722 bits per heavy atom. The molecule has 4 aromatic carbocycles. The minimum absolute atomic E-state index is 0.0303. The molecule has 7 heteroatoms. The molecule has 0 unspecified atom stereocenters. The number of ether oxygens (including phenoxy) is 3. The fraction of sp³-hybridized carbons (Fsp3) is 0.0690. The van der Waals surface area contributed by atoms with Crippen LogP contribution in [0.25, 0.3) is 21.5 Å². The molecule has 4 aromatic rings. The minimum Gasteiger partial charge on any atom is -0.458 e. The third kappa shape index (κ3) is 5.47. The molecule has 0 atom stereocenters. The normalized spacial score (nSPS) is 10.6. The first-order chi connectivity index (χ1) is 17.4. The number of hydrogen-bond donors (Lipinski definition) is 0. The molecule has 0 amide bonds. The van der Waals surface area contributed by atoms with Gasteiger partial charge in [-0.2, -0.15) is 0 Å². The van der Waals surface area contributed by atoms with Gasteiger partial charge in [0.2, 0.25) is 0 Å². The number of halogens is 1. The van der Waals surface area contributed by atoms with Crippen molar-refractivity contribution in [3.8, 4) is 5.75 Å². The summed E-state index contributed by atoms with van der Waals surface area (Å²) < 4.78 is 30.5. The molecule has 4 rings (SSSR count). The number of fused-ring (bicyclic) bond motifs is 2. The lowest BCUT2D eigenvalue weighted by Crippen LogP contribution is -2.09.